The first kappa shape index (κ1) is 19.9. The number of benzene rings is 1. The van der Waals surface area contributed by atoms with Crippen molar-refractivity contribution >= 4 is 28.3 Å². The van der Waals surface area contributed by atoms with Crippen molar-refractivity contribution < 1.29 is 13.2 Å². The highest BCUT2D eigenvalue weighted by Crippen LogP contribution is 2.13. The fraction of sp³-hybridized carbons (Fsp3) is 0.533. The molecule has 1 amide bonds. The summed E-state index contributed by atoms with van der Waals surface area (Å²) in [5, 5.41) is 6.15. The first-order chi connectivity index (χ1) is 10.5. The Kier molecular flexibility index (Phi) is 7.98. The highest BCUT2D eigenvalue weighted by Gasteiger charge is 2.20. The molecule has 1 saturated heterocycles. The quantitative estimate of drug-likeness (QED) is 0.706. The Bertz CT molecular complexity index is 599. The van der Waals surface area contributed by atoms with Gasteiger partial charge in [-0.25, -0.2) is 13.1 Å². The van der Waals surface area contributed by atoms with Crippen molar-refractivity contribution in [3.05, 3.63) is 29.8 Å². The molecule has 1 aliphatic rings. The number of piperidine rings is 1. The smallest absolute Gasteiger partial charge is 0.240 e. The zero-order chi connectivity index (χ0) is 16.0. The molecule has 0 spiro atoms. The fourth-order valence-corrected chi connectivity index (χ4v) is 3.52. The van der Waals surface area contributed by atoms with Gasteiger partial charge in [-0.1, -0.05) is 19.1 Å². The molecular formula is C15H24ClN3O3S. The van der Waals surface area contributed by atoms with Gasteiger partial charge < -0.3 is 10.6 Å². The van der Waals surface area contributed by atoms with Crippen LogP contribution in [-0.4, -0.2) is 34.0 Å². The third kappa shape index (κ3) is 5.76. The first-order valence-electron chi connectivity index (χ1n) is 7.60. The summed E-state index contributed by atoms with van der Waals surface area (Å²) >= 11 is 0. The topological polar surface area (TPSA) is 87.3 Å². The molecule has 0 unspecified atom stereocenters. The molecule has 1 fully saturated rings. The normalized spacial score (nSPS) is 15.7. The lowest BCUT2D eigenvalue weighted by molar-refractivity contribution is -0.125. The monoisotopic (exact) mass is 361 g/mol. The van der Waals surface area contributed by atoms with Gasteiger partial charge in [-0.15, -0.1) is 12.4 Å². The Morgan fingerprint density at radius 3 is 2.39 bits per heavy atom. The average molecular weight is 362 g/mol. The zero-order valence-corrected chi connectivity index (χ0v) is 14.8. The van der Waals surface area contributed by atoms with E-state index in [0.29, 0.717) is 13.1 Å². The third-order valence-electron chi connectivity index (χ3n) is 3.74. The van der Waals surface area contributed by atoms with E-state index in [2.05, 4.69) is 15.4 Å². The van der Waals surface area contributed by atoms with Crippen LogP contribution in [0.2, 0.25) is 0 Å². The number of carbonyl (C=O) groups excluding carboxylic acids is 1. The molecule has 1 aromatic carbocycles. The van der Waals surface area contributed by atoms with Gasteiger partial charge in [-0.2, -0.15) is 0 Å². The van der Waals surface area contributed by atoms with Crippen LogP contribution in [0.15, 0.2) is 29.2 Å². The SMILES string of the molecule is CCNS(=O)(=O)c1ccc(CNC(=O)C2CCNCC2)cc1.Cl. The van der Waals surface area contributed by atoms with Crippen LogP contribution >= 0.6 is 12.4 Å². The molecule has 0 radical (unpaired) electrons. The number of rotatable bonds is 6. The van der Waals surface area contributed by atoms with Gasteiger partial charge in [0, 0.05) is 19.0 Å². The summed E-state index contributed by atoms with van der Waals surface area (Å²) in [6.45, 7) is 4.28. The summed E-state index contributed by atoms with van der Waals surface area (Å²) in [5.41, 5.74) is 0.887. The Morgan fingerprint density at radius 2 is 1.83 bits per heavy atom. The minimum Gasteiger partial charge on any atom is -0.352 e. The van der Waals surface area contributed by atoms with Crippen molar-refractivity contribution in [2.45, 2.75) is 31.2 Å². The van der Waals surface area contributed by atoms with Crippen molar-refractivity contribution in [3.8, 4) is 0 Å². The molecule has 0 atom stereocenters. The summed E-state index contributed by atoms with van der Waals surface area (Å²) in [5.74, 6) is 0.153. The van der Waals surface area contributed by atoms with E-state index in [0.717, 1.165) is 31.5 Å². The first-order valence-corrected chi connectivity index (χ1v) is 9.08. The summed E-state index contributed by atoms with van der Waals surface area (Å²) in [6, 6.07) is 6.58. The Morgan fingerprint density at radius 1 is 1.22 bits per heavy atom. The Balaban J connectivity index is 0.00000264. The number of nitrogens with one attached hydrogen (secondary N) is 3. The second kappa shape index (κ2) is 9.22. The maximum atomic E-state index is 12.0. The van der Waals surface area contributed by atoms with Crippen LogP contribution < -0.4 is 15.4 Å². The minimum atomic E-state index is -3.42. The third-order valence-corrected chi connectivity index (χ3v) is 5.31. The van der Waals surface area contributed by atoms with Gasteiger partial charge in [0.05, 0.1) is 4.90 Å². The summed E-state index contributed by atoms with van der Waals surface area (Å²) in [7, 11) is -3.42. The average Bonchev–Trinajstić information content (AvgIpc) is 2.54. The van der Waals surface area contributed by atoms with E-state index in [-0.39, 0.29) is 29.1 Å². The second-order valence-corrected chi connectivity index (χ2v) is 7.15. The molecule has 0 saturated carbocycles. The maximum absolute atomic E-state index is 12.0. The molecule has 1 aromatic rings. The van der Waals surface area contributed by atoms with Gasteiger partial charge in [-0.3, -0.25) is 4.79 Å². The number of sulfonamides is 1. The van der Waals surface area contributed by atoms with E-state index in [9.17, 15) is 13.2 Å². The van der Waals surface area contributed by atoms with Crippen molar-refractivity contribution in [2.75, 3.05) is 19.6 Å². The maximum Gasteiger partial charge on any atom is 0.240 e. The zero-order valence-electron chi connectivity index (χ0n) is 13.2. The molecule has 0 bridgehead atoms. The summed E-state index contributed by atoms with van der Waals surface area (Å²) < 4.78 is 26.1. The van der Waals surface area contributed by atoms with Gasteiger partial charge in [0.25, 0.3) is 0 Å². The van der Waals surface area contributed by atoms with Gasteiger partial charge >= 0.3 is 0 Å². The van der Waals surface area contributed by atoms with Crippen molar-refractivity contribution in [1.29, 1.82) is 0 Å². The van der Waals surface area contributed by atoms with Gasteiger partial charge in [0.15, 0.2) is 0 Å². The number of hydrogen-bond acceptors (Lipinski definition) is 4. The molecule has 130 valence electrons. The summed E-state index contributed by atoms with van der Waals surface area (Å²) in [4.78, 5) is 12.3. The predicted molar refractivity (Wildman–Crippen MR) is 92.0 cm³/mol. The largest absolute Gasteiger partial charge is 0.352 e. The van der Waals surface area contributed by atoms with Crippen molar-refractivity contribution in [1.82, 2.24) is 15.4 Å². The van der Waals surface area contributed by atoms with Gasteiger partial charge in [-0.05, 0) is 43.6 Å². The van der Waals surface area contributed by atoms with Crippen LogP contribution in [-0.2, 0) is 21.4 Å². The Hall–Kier alpha value is -1.15. The predicted octanol–water partition coefficient (Wildman–Crippen LogP) is 1.02. The number of hydrogen-bond donors (Lipinski definition) is 3. The number of carbonyl (C=O) groups is 1. The summed E-state index contributed by atoms with van der Waals surface area (Å²) in [6.07, 6.45) is 1.73. The van der Waals surface area contributed by atoms with E-state index >= 15 is 0 Å². The van der Waals surface area contributed by atoms with Gasteiger partial charge in [0.2, 0.25) is 15.9 Å². The lowest BCUT2D eigenvalue weighted by Crippen LogP contribution is -2.37. The van der Waals surface area contributed by atoms with Crippen molar-refractivity contribution in [2.24, 2.45) is 5.92 Å². The van der Waals surface area contributed by atoms with E-state index in [1.165, 1.54) is 0 Å². The standard InChI is InChI=1S/C15H23N3O3S.ClH/c1-2-18-22(20,21)14-5-3-12(4-6-14)11-17-15(19)13-7-9-16-10-8-13;/h3-6,13,16,18H,2,7-11H2,1H3,(H,17,19);1H. The molecular weight excluding hydrogens is 338 g/mol. The minimum absolute atomic E-state index is 0. The molecule has 0 aliphatic carbocycles. The fourth-order valence-electron chi connectivity index (χ4n) is 2.48. The number of amides is 1. The molecule has 23 heavy (non-hydrogen) atoms. The second-order valence-electron chi connectivity index (χ2n) is 5.39. The van der Waals surface area contributed by atoms with E-state index in [1.807, 2.05) is 0 Å². The van der Waals surface area contributed by atoms with Gasteiger partial charge in [0.1, 0.15) is 0 Å². The van der Waals surface area contributed by atoms with Crippen molar-refractivity contribution in [3.63, 3.8) is 0 Å². The molecule has 6 nitrogen and oxygen atoms in total. The lowest BCUT2D eigenvalue weighted by Gasteiger charge is -2.21. The van der Waals surface area contributed by atoms with Crippen LogP contribution in [0.3, 0.4) is 0 Å². The van der Waals surface area contributed by atoms with E-state index in [4.69, 9.17) is 0 Å². The molecule has 1 aliphatic heterocycles. The lowest BCUT2D eigenvalue weighted by atomic mass is 9.97. The molecule has 1 heterocycles. The van der Waals surface area contributed by atoms with Crippen LogP contribution in [0.25, 0.3) is 0 Å². The van der Waals surface area contributed by atoms with Crippen LogP contribution in [0.1, 0.15) is 25.3 Å². The highest BCUT2D eigenvalue weighted by atomic mass is 35.5. The van der Waals surface area contributed by atoms with Crippen LogP contribution in [0, 0.1) is 5.92 Å². The van der Waals surface area contributed by atoms with E-state index in [1.54, 1.807) is 31.2 Å². The Labute approximate surface area is 143 Å². The van der Waals surface area contributed by atoms with Crippen LogP contribution in [0.5, 0.6) is 0 Å². The molecule has 8 heteroatoms. The molecule has 3 N–H and O–H groups in total. The van der Waals surface area contributed by atoms with Crippen LogP contribution in [0.4, 0.5) is 0 Å². The molecule has 2 rings (SSSR count). The highest BCUT2D eigenvalue weighted by molar-refractivity contribution is 7.89. The van der Waals surface area contributed by atoms with E-state index < -0.39 is 10.0 Å². The number of halogens is 1. The molecule has 0 aromatic heterocycles.